The van der Waals surface area contributed by atoms with Gasteiger partial charge in [-0.3, -0.25) is 9.59 Å². The molecule has 0 aliphatic heterocycles. The number of benzene rings is 2. The van der Waals surface area contributed by atoms with Gasteiger partial charge in [0, 0.05) is 26.4 Å². The molecule has 2 N–H and O–H groups in total. The van der Waals surface area contributed by atoms with E-state index in [2.05, 4.69) is 5.32 Å². The van der Waals surface area contributed by atoms with Crippen LogP contribution in [-0.2, 0) is 26.5 Å². The van der Waals surface area contributed by atoms with Gasteiger partial charge in [0.2, 0.25) is 11.8 Å². The lowest BCUT2D eigenvalue weighted by Crippen LogP contribution is -2.52. The van der Waals surface area contributed by atoms with Gasteiger partial charge in [-0.25, -0.2) is 4.79 Å². The zero-order valence-corrected chi connectivity index (χ0v) is 16.2. The molecule has 0 heterocycles. The van der Waals surface area contributed by atoms with Crippen LogP contribution in [0.4, 0.5) is 0 Å². The minimum atomic E-state index is -1.49. The molecule has 28 heavy (non-hydrogen) atoms. The van der Waals surface area contributed by atoms with E-state index in [1.165, 1.54) is 6.92 Å². The molecule has 148 valence electrons. The highest BCUT2D eigenvalue weighted by molar-refractivity contribution is 5.88. The number of hydrogen-bond acceptors (Lipinski definition) is 3. The highest BCUT2D eigenvalue weighted by Crippen LogP contribution is 2.25. The molecule has 2 aromatic rings. The van der Waals surface area contributed by atoms with Crippen molar-refractivity contribution in [3.05, 3.63) is 71.8 Å². The minimum Gasteiger partial charge on any atom is -0.479 e. The molecule has 2 amide bonds. The summed E-state index contributed by atoms with van der Waals surface area (Å²) in [6.45, 7) is 3.79. The van der Waals surface area contributed by atoms with E-state index < -0.39 is 17.4 Å². The lowest BCUT2D eigenvalue weighted by molar-refractivity contribution is -0.148. The van der Waals surface area contributed by atoms with E-state index in [-0.39, 0.29) is 25.3 Å². The molecule has 1 unspecified atom stereocenters. The van der Waals surface area contributed by atoms with E-state index in [0.29, 0.717) is 12.1 Å². The monoisotopic (exact) mass is 382 g/mol. The van der Waals surface area contributed by atoms with Gasteiger partial charge in [-0.2, -0.15) is 0 Å². The Balaban J connectivity index is 2.07. The van der Waals surface area contributed by atoms with E-state index in [4.69, 9.17) is 0 Å². The molecule has 2 rings (SSSR count). The van der Waals surface area contributed by atoms with E-state index in [9.17, 15) is 19.5 Å². The van der Waals surface area contributed by atoms with Crippen LogP contribution >= 0.6 is 0 Å². The number of amides is 2. The molecule has 0 saturated carbocycles. The predicted molar refractivity (Wildman–Crippen MR) is 106 cm³/mol. The average Bonchev–Trinajstić information content (AvgIpc) is 2.70. The molecule has 0 aromatic heterocycles. The molecule has 0 aliphatic carbocycles. The van der Waals surface area contributed by atoms with Gasteiger partial charge < -0.3 is 15.3 Å². The van der Waals surface area contributed by atoms with Gasteiger partial charge in [0.05, 0.1) is 0 Å². The normalized spacial score (nSPS) is 12.6. The Morgan fingerprint density at radius 3 is 2.07 bits per heavy atom. The Kier molecular flexibility index (Phi) is 7.32. The summed E-state index contributed by atoms with van der Waals surface area (Å²) in [6, 6.07) is 18.2. The third kappa shape index (κ3) is 5.19. The van der Waals surface area contributed by atoms with Crippen LogP contribution in [0.25, 0.3) is 0 Å². The van der Waals surface area contributed by atoms with Crippen molar-refractivity contribution in [2.45, 2.75) is 38.8 Å². The Morgan fingerprint density at radius 2 is 1.57 bits per heavy atom. The molecule has 0 fully saturated rings. The van der Waals surface area contributed by atoms with E-state index in [1.807, 2.05) is 30.3 Å². The molecule has 1 atom stereocenters. The van der Waals surface area contributed by atoms with Gasteiger partial charge >= 0.3 is 5.97 Å². The number of nitrogens with one attached hydrogen (secondary N) is 1. The lowest BCUT2D eigenvalue weighted by atomic mass is 9.87. The Bertz CT molecular complexity index is 808. The molecule has 0 bridgehead atoms. The smallest absolute Gasteiger partial charge is 0.334 e. The Hall–Kier alpha value is -3.15. The summed E-state index contributed by atoms with van der Waals surface area (Å²) in [5.74, 6) is -1.66. The van der Waals surface area contributed by atoms with Crippen LogP contribution in [0.3, 0.4) is 0 Å². The zero-order chi connectivity index (χ0) is 20.6. The fourth-order valence-electron chi connectivity index (χ4n) is 3.10. The largest absolute Gasteiger partial charge is 0.479 e. The van der Waals surface area contributed by atoms with Crippen molar-refractivity contribution in [1.82, 2.24) is 10.2 Å². The maximum atomic E-state index is 12.6. The zero-order valence-electron chi connectivity index (χ0n) is 16.2. The third-order valence-electron chi connectivity index (χ3n) is 4.79. The van der Waals surface area contributed by atoms with Crippen molar-refractivity contribution in [3.63, 3.8) is 0 Å². The number of carboxylic acid groups (broad SMARTS) is 1. The van der Waals surface area contributed by atoms with Crippen molar-refractivity contribution in [2.75, 3.05) is 6.54 Å². The molecule has 6 nitrogen and oxygen atoms in total. The number of carbonyl (C=O) groups excluding carboxylic acids is 2. The molecule has 6 heteroatoms. The first kappa shape index (κ1) is 21.2. The first-order chi connectivity index (χ1) is 13.4. The third-order valence-corrected chi connectivity index (χ3v) is 4.79. The molecular formula is C22H26N2O4. The highest BCUT2D eigenvalue weighted by atomic mass is 16.4. The average molecular weight is 382 g/mol. The fraction of sp³-hybridized carbons (Fsp3) is 0.318. The summed E-state index contributed by atoms with van der Waals surface area (Å²) >= 11 is 0. The number of carbonyl (C=O) groups is 3. The summed E-state index contributed by atoms with van der Waals surface area (Å²) in [4.78, 5) is 38.1. The maximum Gasteiger partial charge on any atom is 0.334 e. The van der Waals surface area contributed by atoms with Crippen molar-refractivity contribution < 1.29 is 19.5 Å². The van der Waals surface area contributed by atoms with Gasteiger partial charge in [0.15, 0.2) is 5.54 Å². The molecule has 0 aliphatic rings. The highest BCUT2D eigenvalue weighted by Gasteiger charge is 2.40. The van der Waals surface area contributed by atoms with Gasteiger partial charge in [-0.05, 0) is 17.5 Å². The Labute approximate surface area is 165 Å². The van der Waals surface area contributed by atoms with Crippen LogP contribution in [0.2, 0.25) is 0 Å². The number of nitrogens with zero attached hydrogens (tertiary/aromatic N) is 1. The molecule has 0 radical (unpaired) electrons. The fourth-order valence-corrected chi connectivity index (χ4v) is 3.10. The Morgan fingerprint density at radius 1 is 1.00 bits per heavy atom. The van der Waals surface area contributed by atoms with Crippen LogP contribution in [-0.4, -0.2) is 34.3 Å². The van der Waals surface area contributed by atoms with Crippen molar-refractivity contribution >= 4 is 17.8 Å². The van der Waals surface area contributed by atoms with E-state index in [1.54, 1.807) is 42.2 Å². The topological polar surface area (TPSA) is 86.7 Å². The molecule has 0 spiro atoms. The summed E-state index contributed by atoms with van der Waals surface area (Å²) in [7, 11) is 0. The summed E-state index contributed by atoms with van der Waals surface area (Å²) in [5, 5.41) is 12.5. The number of rotatable bonds is 9. The second kappa shape index (κ2) is 9.69. The van der Waals surface area contributed by atoms with Gasteiger partial charge in [-0.1, -0.05) is 67.6 Å². The van der Waals surface area contributed by atoms with Crippen LogP contribution in [0.1, 0.15) is 37.8 Å². The van der Waals surface area contributed by atoms with Gasteiger partial charge in [-0.15, -0.1) is 0 Å². The summed E-state index contributed by atoms with van der Waals surface area (Å²) in [6.07, 6.45) is 0.229. The van der Waals surface area contributed by atoms with Crippen LogP contribution in [0.5, 0.6) is 0 Å². The minimum absolute atomic E-state index is 0.0221. The lowest BCUT2D eigenvalue weighted by Gasteiger charge is -2.30. The summed E-state index contributed by atoms with van der Waals surface area (Å²) < 4.78 is 0. The quantitative estimate of drug-likeness (QED) is 0.698. The van der Waals surface area contributed by atoms with E-state index >= 15 is 0 Å². The van der Waals surface area contributed by atoms with Crippen LogP contribution in [0.15, 0.2) is 60.7 Å². The molecule has 2 aromatic carbocycles. The first-order valence-corrected chi connectivity index (χ1v) is 9.28. The maximum absolute atomic E-state index is 12.6. The van der Waals surface area contributed by atoms with Crippen molar-refractivity contribution in [3.8, 4) is 0 Å². The number of carboxylic acids is 1. The first-order valence-electron chi connectivity index (χ1n) is 9.28. The van der Waals surface area contributed by atoms with Crippen LogP contribution in [0, 0.1) is 0 Å². The van der Waals surface area contributed by atoms with Gasteiger partial charge in [0.25, 0.3) is 0 Å². The number of aliphatic carboxylic acids is 1. The second-order valence-corrected chi connectivity index (χ2v) is 6.65. The standard InChI is InChI=1S/C22H26N2O4/c1-3-22(21(27)28,19-12-8-5-9-13-19)23-20(26)14-15-24(17(2)25)16-18-10-6-4-7-11-18/h4-13H,3,14-16H2,1-2H3,(H,23,26)(H,27,28). The number of hydrogen-bond donors (Lipinski definition) is 2. The summed E-state index contributed by atoms with van der Waals surface area (Å²) in [5.41, 5.74) is 0.000590. The second-order valence-electron chi connectivity index (χ2n) is 6.65. The predicted octanol–water partition coefficient (Wildman–Crippen LogP) is 2.93. The van der Waals surface area contributed by atoms with Crippen molar-refractivity contribution in [1.29, 1.82) is 0 Å². The molecular weight excluding hydrogens is 356 g/mol. The molecule has 0 saturated heterocycles. The van der Waals surface area contributed by atoms with E-state index in [0.717, 1.165) is 5.56 Å². The van der Waals surface area contributed by atoms with Crippen molar-refractivity contribution in [2.24, 2.45) is 0 Å². The SMILES string of the molecule is CCC(NC(=O)CCN(Cc1ccccc1)C(C)=O)(C(=O)O)c1ccccc1. The van der Waals surface area contributed by atoms with Gasteiger partial charge in [0.1, 0.15) is 0 Å². The van der Waals surface area contributed by atoms with Crippen LogP contribution < -0.4 is 5.32 Å².